The molecule has 0 atom stereocenters. The Balaban J connectivity index is 1.38. The molecule has 0 fully saturated rings. The summed E-state index contributed by atoms with van der Waals surface area (Å²) in [6.07, 6.45) is 3.23. The van der Waals surface area contributed by atoms with Crippen molar-refractivity contribution in [2.24, 2.45) is 0 Å². The second kappa shape index (κ2) is 8.46. The minimum atomic E-state index is -0.185. The monoisotopic (exact) mass is 423 g/mol. The number of aryl methyl sites for hydroxylation is 2. The van der Waals surface area contributed by atoms with Crippen molar-refractivity contribution in [3.63, 3.8) is 0 Å². The van der Waals surface area contributed by atoms with Crippen molar-refractivity contribution in [1.29, 1.82) is 0 Å². The first-order chi connectivity index (χ1) is 14.5. The lowest BCUT2D eigenvalue weighted by atomic mass is 10.1. The summed E-state index contributed by atoms with van der Waals surface area (Å²) in [6, 6.07) is 11.7. The van der Waals surface area contributed by atoms with Gasteiger partial charge in [0.1, 0.15) is 11.6 Å². The fourth-order valence-corrected chi connectivity index (χ4v) is 3.69. The van der Waals surface area contributed by atoms with Crippen LogP contribution < -0.4 is 11.2 Å². The summed E-state index contributed by atoms with van der Waals surface area (Å²) in [5.41, 5.74) is 3.06. The number of rotatable bonds is 7. The van der Waals surface area contributed by atoms with Gasteiger partial charge in [0, 0.05) is 6.07 Å². The number of furan rings is 1. The zero-order valence-corrected chi connectivity index (χ0v) is 17.4. The molecule has 4 aromatic rings. The molecule has 1 aromatic carbocycles. The highest BCUT2D eigenvalue weighted by Gasteiger charge is 2.17. The summed E-state index contributed by atoms with van der Waals surface area (Å²) in [5, 5.41) is 15.8. The number of nitrogen functional groups attached to an aromatic ring is 1. The number of hydrogen-bond acceptors (Lipinski definition) is 7. The van der Waals surface area contributed by atoms with Crippen molar-refractivity contribution < 1.29 is 9.21 Å². The van der Waals surface area contributed by atoms with E-state index in [1.165, 1.54) is 22.0 Å². The van der Waals surface area contributed by atoms with Crippen LogP contribution in [0.25, 0.3) is 11.4 Å². The number of nitrogens with one attached hydrogen (secondary N) is 1. The number of amides is 1. The third-order valence-electron chi connectivity index (χ3n) is 4.50. The van der Waals surface area contributed by atoms with Gasteiger partial charge in [-0.25, -0.2) is 9.36 Å². The molecule has 0 aliphatic heterocycles. The minimum Gasteiger partial charge on any atom is -0.469 e. The van der Waals surface area contributed by atoms with E-state index in [1.807, 2.05) is 32.0 Å². The molecule has 0 radical (unpaired) electrons. The van der Waals surface area contributed by atoms with Gasteiger partial charge in [0.25, 0.3) is 0 Å². The molecule has 0 spiro atoms. The molecule has 30 heavy (non-hydrogen) atoms. The van der Waals surface area contributed by atoms with Crippen molar-refractivity contribution in [3.05, 3.63) is 65.7 Å². The molecule has 0 bridgehead atoms. The van der Waals surface area contributed by atoms with Gasteiger partial charge in [0.05, 0.1) is 30.3 Å². The molecule has 3 heterocycles. The number of carbonyl (C=O) groups is 1. The summed E-state index contributed by atoms with van der Waals surface area (Å²) >= 11 is 1.20. The number of nitrogens with two attached hydrogens (primary N) is 1. The first-order valence-corrected chi connectivity index (χ1v) is 10.2. The van der Waals surface area contributed by atoms with Gasteiger partial charge in [-0.05, 0) is 25.5 Å². The van der Waals surface area contributed by atoms with E-state index in [1.54, 1.807) is 29.3 Å². The normalized spacial score (nSPS) is 11.0. The van der Waals surface area contributed by atoms with Crippen LogP contribution in [0.3, 0.4) is 0 Å². The number of aromatic nitrogens is 5. The largest absolute Gasteiger partial charge is 0.469 e. The van der Waals surface area contributed by atoms with Crippen molar-refractivity contribution in [2.75, 3.05) is 16.9 Å². The molecule has 0 unspecified atom stereocenters. The van der Waals surface area contributed by atoms with Gasteiger partial charge in [0.15, 0.2) is 5.82 Å². The molecule has 9 nitrogen and oxygen atoms in total. The van der Waals surface area contributed by atoms with E-state index in [-0.39, 0.29) is 11.7 Å². The Morgan fingerprint density at radius 1 is 1.23 bits per heavy atom. The standard InChI is InChI=1S/C20H21N7O2S/c1-13-4-3-5-15(10-13)11-26-17(6-8-22-26)23-18(28)12-30-20-25-24-19(27(20)21)16-7-9-29-14(16)2/h3-10H,11-12,21H2,1-2H3,(H,23,28). The average molecular weight is 424 g/mol. The molecule has 0 aliphatic carbocycles. The van der Waals surface area contributed by atoms with Gasteiger partial charge in [-0.3, -0.25) is 4.79 Å². The van der Waals surface area contributed by atoms with Crippen LogP contribution in [0.2, 0.25) is 0 Å². The molecule has 154 valence electrons. The zero-order chi connectivity index (χ0) is 21.1. The second-order valence-electron chi connectivity index (χ2n) is 6.77. The maximum atomic E-state index is 12.5. The molecule has 1 amide bonds. The Bertz CT molecular complexity index is 1180. The molecule has 4 rings (SSSR count). The Labute approximate surface area is 177 Å². The summed E-state index contributed by atoms with van der Waals surface area (Å²) in [4.78, 5) is 12.5. The lowest BCUT2D eigenvalue weighted by Gasteiger charge is -2.09. The van der Waals surface area contributed by atoms with Crippen LogP contribution in [0.4, 0.5) is 5.82 Å². The van der Waals surface area contributed by atoms with Crippen LogP contribution in [-0.2, 0) is 11.3 Å². The van der Waals surface area contributed by atoms with E-state index in [9.17, 15) is 4.79 Å². The molecule has 10 heteroatoms. The Morgan fingerprint density at radius 2 is 2.10 bits per heavy atom. The van der Waals surface area contributed by atoms with Crippen LogP contribution in [-0.4, -0.2) is 36.3 Å². The second-order valence-corrected chi connectivity index (χ2v) is 7.71. The van der Waals surface area contributed by atoms with Crippen molar-refractivity contribution in [2.45, 2.75) is 25.5 Å². The smallest absolute Gasteiger partial charge is 0.235 e. The fourth-order valence-electron chi connectivity index (χ4n) is 3.03. The van der Waals surface area contributed by atoms with Gasteiger partial charge >= 0.3 is 0 Å². The number of benzene rings is 1. The SMILES string of the molecule is Cc1cccc(Cn2nccc2NC(=O)CSc2nnc(-c3ccoc3C)n2N)c1. The van der Waals surface area contributed by atoms with Gasteiger partial charge in [-0.15, -0.1) is 10.2 Å². The van der Waals surface area contributed by atoms with Gasteiger partial charge in [0.2, 0.25) is 11.1 Å². The molecule has 0 saturated carbocycles. The highest BCUT2D eigenvalue weighted by molar-refractivity contribution is 7.99. The van der Waals surface area contributed by atoms with Crippen LogP contribution in [0.15, 0.2) is 58.4 Å². The van der Waals surface area contributed by atoms with Gasteiger partial charge in [-0.2, -0.15) is 5.10 Å². The molecule has 0 saturated heterocycles. The van der Waals surface area contributed by atoms with Crippen molar-refractivity contribution >= 4 is 23.5 Å². The number of anilines is 1. The van der Waals surface area contributed by atoms with E-state index in [2.05, 4.69) is 26.7 Å². The van der Waals surface area contributed by atoms with Crippen LogP contribution in [0, 0.1) is 13.8 Å². The third kappa shape index (κ3) is 4.23. The highest BCUT2D eigenvalue weighted by Crippen LogP contribution is 2.25. The summed E-state index contributed by atoms with van der Waals surface area (Å²) < 4.78 is 8.40. The zero-order valence-electron chi connectivity index (χ0n) is 16.6. The van der Waals surface area contributed by atoms with Crippen LogP contribution in [0.5, 0.6) is 0 Å². The molecular weight excluding hydrogens is 402 g/mol. The summed E-state index contributed by atoms with van der Waals surface area (Å²) in [5.74, 6) is 7.86. The Kier molecular flexibility index (Phi) is 5.57. The average Bonchev–Trinajstić information content (AvgIpc) is 3.42. The molecule has 3 N–H and O–H groups in total. The van der Waals surface area contributed by atoms with Crippen LogP contribution in [0.1, 0.15) is 16.9 Å². The number of thioether (sulfide) groups is 1. The molecular formula is C20H21N7O2S. The summed E-state index contributed by atoms with van der Waals surface area (Å²) in [6.45, 7) is 4.44. The first-order valence-electron chi connectivity index (χ1n) is 9.26. The Morgan fingerprint density at radius 3 is 2.87 bits per heavy atom. The quantitative estimate of drug-likeness (QED) is 0.347. The van der Waals surface area contributed by atoms with Crippen molar-refractivity contribution in [1.82, 2.24) is 24.7 Å². The maximum absolute atomic E-state index is 12.5. The lowest BCUT2D eigenvalue weighted by molar-refractivity contribution is -0.113. The lowest BCUT2D eigenvalue weighted by Crippen LogP contribution is -2.19. The first kappa shape index (κ1) is 19.8. The van der Waals surface area contributed by atoms with Crippen molar-refractivity contribution in [3.8, 4) is 11.4 Å². The molecule has 0 aliphatic rings. The third-order valence-corrected chi connectivity index (χ3v) is 5.44. The highest BCUT2D eigenvalue weighted by atomic mass is 32.2. The topological polar surface area (TPSA) is 117 Å². The van der Waals surface area contributed by atoms with E-state index in [0.717, 1.165) is 11.1 Å². The number of carbonyl (C=O) groups excluding carboxylic acids is 1. The fraction of sp³-hybridized carbons (Fsp3) is 0.200. The van der Waals surface area contributed by atoms with E-state index in [4.69, 9.17) is 10.3 Å². The maximum Gasteiger partial charge on any atom is 0.235 e. The Hall–Kier alpha value is -3.53. The predicted octanol–water partition coefficient (Wildman–Crippen LogP) is 2.84. The van der Waals surface area contributed by atoms with E-state index in [0.29, 0.717) is 29.1 Å². The summed E-state index contributed by atoms with van der Waals surface area (Å²) in [7, 11) is 0. The number of hydrogen-bond donors (Lipinski definition) is 2. The van der Waals surface area contributed by atoms with E-state index >= 15 is 0 Å². The molecule has 3 aromatic heterocycles. The number of nitrogens with zero attached hydrogens (tertiary/aromatic N) is 5. The van der Waals surface area contributed by atoms with Gasteiger partial charge < -0.3 is 15.6 Å². The van der Waals surface area contributed by atoms with Crippen LogP contribution >= 0.6 is 11.8 Å². The van der Waals surface area contributed by atoms with E-state index < -0.39 is 0 Å². The predicted molar refractivity (Wildman–Crippen MR) is 114 cm³/mol. The van der Waals surface area contributed by atoms with Gasteiger partial charge in [-0.1, -0.05) is 41.6 Å². The minimum absolute atomic E-state index is 0.134.